The van der Waals surface area contributed by atoms with Gasteiger partial charge in [-0.3, -0.25) is 4.79 Å². The Hall–Kier alpha value is -2.91. The summed E-state index contributed by atoms with van der Waals surface area (Å²) >= 11 is 0. The van der Waals surface area contributed by atoms with Crippen LogP contribution in [-0.2, 0) is 0 Å². The average molecular weight is 311 g/mol. The van der Waals surface area contributed by atoms with Crippen LogP contribution in [0.4, 0.5) is 11.6 Å². The molecule has 23 heavy (non-hydrogen) atoms. The average Bonchev–Trinajstić information content (AvgIpc) is 3.01. The molecule has 8 nitrogen and oxygen atoms in total. The molecule has 2 aromatic heterocycles. The maximum Gasteiger partial charge on any atom is 0.488 e. The molecule has 0 aliphatic carbocycles. The summed E-state index contributed by atoms with van der Waals surface area (Å²) in [5, 5.41) is 24.7. The minimum atomic E-state index is -1.55. The first kappa shape index (κ1) is 15.0. The van der Waals surface area contributed by atoms with Gasteiger partial charge >= 0.3 is 7.12 Å². The van der Waals surface area contributed by atoms with E-state index < -0.39 is 7.12 Å². The Balaban J connectivity index is 1.87. The van der Waals surface area contributed by atoms with E-state index in [4.69, 9.17) is 0 Å². The van der Waals surface area contributed by atoms with E-state index in [1.807, 2.05) is 0 Å². The van der Waals surface area contributed by atoms with Gasteiger partial charge in [-0.05, 0) is 17.6 Å². The van der Waals surface area contributed by atoms with Crippen LogP contribution in [0.2, 0.25) is 0 Å². The predicted molar refractivity (Wildman–Crippen MR) is 86.8 cm³/mol. The Morgan fingerprint density at radius 1 is 1.30 bits per heavy atom. The van der Waals surface area contributed by atoms with Crippen LogP contribution in [0.25, 0.3) is 10.9 Å². The molecule has 0 bridgehead atoms. The predicted octanol–water partition coefficient (Wildman–Crippen LogP) is -0.259. The van der Waals surface area contributed by atoms with Crippen molar-refractivity contribution in [1.82, 2.24) is 20.3 Å². The second kappa shape index (κ2) is 6.07. The highest BCUT2D eigenvalue weighted by atomic mass is 16.4. The Morgan fingerprint density at radius 2 is 2.13 bits per heavy atom. The van der Waals surface area contributed by atoms with E-state index in [0.29, 0.717) is 28.3 Å². The zero-order valence-electron chi connectivity index (χ0n) is 12.2. The van der Waals surface area contributed by atoms with Crippen LogP contribution in [0, 0.1) is 0 Å². The summed E-state index contributed by atoms with van der Waals surface area (Å²) < 4.78 is 0. The maximum atomic E-state index is 11.5. The van der Waals surface area contributed by atoms with E-state index in [0.717, 1.165) is 5.39 Å². The number of nitrogens with zero attached hydrogens (tertiary/aromatic N) is 2. The molecule has 0 unspecified atom stereocenters. The van der Waals surface area contributed by atoms with Crippen LogP contribution in [0.5, 0.6) is 0 Å². The standard InChI is InChI=1S/C14H14BN5O3/c1-16-13(21)12-5-10(7-17-12)19-14-18-6-8-2-3-9(15(22)23)4-11(8)20-14/h2-7,17,22-23H,1H3,(H,16,21)(H,18,19,20). The lowest BCUT2D eigenvalue weighted by atomic mass is 9.80. The molecule has 3 rings (SSSR count). The number of hydrogen-bond acceptors (Lipinski definition) is 6. The zero-order valence-corrected chi connectivity index (χ0v) is 12.2. The van der Waals surface area contributed by atoms with E-state index >= 15 is 0 Å². The lowest BCUT2D eigenvalue weighted by Crippen LogP contribution is -2.29. The molecule has 116 valence electrons. The van der Waals surface area contributed by atoms with E-state index in [9.17, 15) is 14.8 Å². The van der Waals surface area contributed by atoms with Gasteiger partial charge in [0.05, 0.1) is 11.2 Å². The van der Waals surface area contributed by atoms with Gasteiger partial charge < -0.3 is 25.7 Å². The first-order valence-electron chi connectivity index (χ1n) is 6.87. The molecule has 0 spiro atoms. The maximum absolute atomic E-state index is 11.5. The number of rotatable bonds is 4. The Morgan fingerprint density at radius 3 is 2.87 bits per heavy atom. The summed E-state index contributed by atoms with van der Waals surface area (Å²) in [5.74, 6) is 0.114. The fourth-order valence-electron chi connectivity index (χ4n) is 2.12. The lowest BCUT2D eigenvalue weighted by Gasteiger charge is -2.05. The normalized spacial score (nSPS) is 10.6. The van der Waals surface area contributed by atoms with E-state index in [-0.39, 0.29) is 5.91 Å². The van der Waals surface area contributed by atoms with Crippen molar-refractivity contribution < 1.29 is 14.8 Å². The van der Waals surface area contributed by atoms with Gasteiger partial charge in [0.15, 0.2) is 0 Å². The fraction of sp³-hybridized carbons (Fsp3) is 0.0714. The first-order chi connectivity index (χ1) is 11.1. The molecule has 3 aromatic rings. The number of amides is 1. The third-order valence-corrected chi connectivity index (χ3v) is 3.32. The van der Waals surface area contributed by atoms with Crippen molar-refractivity contribution in [1.29, 1.82) is 0 Å². The van der Waals surface area contributed by atoms with Crippen LogP contribution >= 0.6 is 0 Å². The highest BCUT2D eigenvalue weighted by Gasteiger charge is 2.12. The smallest absolute Gasteiger partial charge is 0.423 e. The highest BCUT2D eigenvalue weighted by Crippen LogP contribution is 2.17. The van der Waals surface area contributed by atoms with Crippen LogP contribution < -0.4 is 16.1 Å². The van der Waals surface area contributed by atoms with Gasteiger partial charge in [0.1, 0.15) is 5.69 Å². The van der Waals surface area contributed by atoms with Crippen LogP contribution in [-0.4, -0.2) is 45.1 Å². The molecule has 0 aliphatic rings. The molecular weight excluding hydrogens is 297 g/mol. The summed E-state index contributed by atoms with van der Waals surface area (Å²) in [7, 11) is 0.00107. The molecular formula is C14H14BN5O3. The number of H-pyrrole nitrogens is 1. The topological polar surface area (TPSA) is 123 Å². The SMILES string of the molecule is CNC(=O)c1cc(Nc2ncc3ccc(B(O)O)cc3n2)c[nH]1. The molecule has 0 saturated heterocycles. The summed E-state index contributed by atoms with van der Waals surface area (Å²) in [6.45, 7) is 0. The van der Waals surface area contributed by atoms with Crippen molar-refractivity contribution in [2.45, 2.75) is 0 Å². The molecule has 0 saturated carbocycles. The van der Waals surface area contributed by atoms with Gasteiger partial charge in [0, 0.05) is 24.8 Å². The summed E-state index contributed by atoms with van der Waals surface area (Å²) in [6, 6.07) is 6.54. The second-order valence-electron chi connectivity index (χ2n) is 4.89. The van der Waals surface area contributed by atoms with Crippen molar-refractivity contribution in [3.05, 3.63) is 42.4 Å². The van der Waals surface area contributed by atoms with Crippen molar-refractivity contribution in [3.63, 3.8) is 0 Å². The summed E-state index contributed by atoms with van der Waals surface area (Å²) in [6.07, 6.45) is 3.26. The molecule has 9 heteroatoms. The Bertz CT molecular complexity index is 864. The number of nitrogens with one attached hydrogen (secondary N) is 3. The molecule has 0 radical (unpaired) electrons. The third-order valence-electron chi connectivity index (χ3n) is 3.32. The minimum absolute atomic E-state index is 0.223. The fourth-order valence-corrected chi connectivity index (χ4v) is 2.12. The van der Waals surface area contributed by atoms with Gasteiger partial charge in [-0.15, -0.1) is 0 Å². The van der Waals surface area contributed by atoms with E-state index in [1.165, 1.54) is 0 Å². The van der Waals surface area contributed by atoms with Crippen molar-refractivity contribution >= 4 is 41.0 Å². The first-order valence-corrected chi connectivity index (χ1v) is 6.87. The molecule has 5 N–H and O–H groups in total. The van der Waals surface area contributed by atoms with Crippen LogP contribution in [0.1, 0.15) is 10.5 Å². The molecule has 2 heterocycles. The number of aromatic amines is 1. The highest BCUT2D eigenvalue weighted by molar-refractivity contribution is 6.58. The van der Waals surface area contributed by atoms with Gasteiger partial charge in [-0.2, -0.15) is 0 Å². The van der Waals surface area contributed by atoms with Gasteiger partial charge in [0.2, 0.25) is 5.95 Å². The largest absolute Gasteiger partial charge is 0.488 e. The Labute approximate surface area is 131 Å². The number of benzene rings is 1. The van der Waals surface area contributed by atoms with Gasteiger partial charge in [0.25, 0.3) is 5.91 Å². The molecule has 0 atom stereocenters. The van der Waals surface area contributed by atoms with Gasteiger partial charge in [-0.25, -0.2) is 9.97 Å². The second-order valence-corrected chi connectivity index (χ2v) is 4.89. The third kappa shape index (κ3) is 3.15. The number of anilines is 2. The monoisotopic (exact) mass is 311 g/mol. The minimum Gasteiger partial charge on any atom is -0.423 e. The lowest BCUT2D eigenvalue weighted by molar-refractivity contribution is 0.0959. The summed E-state index contributed by atoms with van der Waals surface area (Å²) in [4.78, 5) is 22.9. The molecule has 0 aliphatic heterocycles. The molecule has 1 aromatic carbocycles. The number of hydrogen-bond donors (Lipinski definition) is 5. The number of carbonyl (C=O) groups excluding carboxylic acids is 1. The molecule has 1 amide bonds. The van der Waals surface area contributed by atoms with Crippen molar-refractivity contribution in [2.75, 3.05) is 12.4 Å². The Kier molecular flexibility index (Phi) is 3.96. The number of aromatic nitrogens is 3. The van der Waals surface area contributed by atoms with Gasteiger partial charge in [-0.1, -0.05) is 12.1 Å². The zero-order chi connectivity index (χ0) is 16.4. The quantitative estimate of drug-likeness (QED) is 0.423. The number of fused-ring (bicyclic) bond motifs is 1. The van der Waals surface area contributed by atoms with Crippen molar-refractivity contribution in [3.8, 4) is 0 Å². The van der Waals surface area contributed by atoms with Crippen LogP contribution in [0.15, 0.2) is 36.7 Å². The number of carbonyl (C=O) groups is 1. The van der Waals surface area contributed by atoms with Crippen molar-refractivity contribution in [2.24, 2.45) is 0 Å². The van der Waals surface area contributed by atoms with E-state index in [2.05, 4.69) is 25.6 Å². The molecule has 0 fully saturated rings. The van der Waals surface area contributed by atoms with E-state index in [1.54, 1.807) is 43.7 Å². The van der Waals surface area contributed by atoms with Crippen LogP contribution in [0.3, 0.4) is 0 Å². The summed E-state index contributed by atoms with van der Waals surface area (Å²) in [5.41, 5.74) is 1.99.